The lowest BCUT2D eigenvalue weighted by Gasteiger charge is -2.05. The fourth-order valence-corrected chi connectivity index (χ4v) is 1.77. The number of carbonyl (C=O) groups is 1. The van der Waals surface area contributed by atoms with E-state index in [-0.39, 0.29) is 24.1 Å². The Morgan fingerprint density at radius 2 is 2.16 bits per heavy atom. The van der Waals surface area contributed by atoms with Crippen LogP contribution in [0.15, 0.2) is 32.9 Å². The van der Waals surface area contributed by atoms with E-state index in [9.17, 15) is 29.6 Å². The largest absolute Gasteiger partial charge is 0.868 e. The number of hydrogen-bond donors (Lipinski definition) is 3. The number of aryl methyl sites for hydroxylation is 1. The molecule has 0 unspecified atom stereocenters. The second-order valence-electron chi connectivity index (χ2n) is 4.73. The van der Waals surface area contributed by atoms with E-state index in [0.29, 0.717) is 0 Å². The monoisotopic (exact) mass is 347 g/mol. The van der Waals surface area contributed by atoms with E-state index in [4.69, 9.17) is 0 Å². The number of hydrazone groups is 1. The van der Waals surface area contributed by atoms with Crippen molar-refractivity contribution >= 4 is 17.8 Å². The zero-order valence-corrected chi connectivity index (χ0v) is 12.5. The number of carbonyl (C=O) groups excluding carboxylic acids is 1. The molecule has 12 heteroatoms. The highest BCUT2D eigenvalue weighted by atomic mass is 16.6. The van der Waals surface area contributed by atoms with Gasteiger partial charge in [-0.3, -0.25) is 24.7 Å². The normalized spacial score (nSPS) is 10.7. The molecule has 0 aliphatic carbocycles. The Labute approximate surface area is 138 Å². The van der Waals surface area contributed by atoms with Crippen molar-refractivity contribution in [1.29, 1.82) is 0 Å². The highest BCUT2D eigenvalue weighted by Crippen LogP contribution is 2.22. The summed E-state index contributed by atoms with van der Waals surface area (Å²) >= 11 is 0. The lowest BCUT2D eigenvalue weighted by molar-refractivity contribution is -0.398. The lowest BCUT2D eigenvalue weighted by atomic mass is 10.2. The summed E-state index contributed by atoms with van der Waals surface area (Å²) in [4.78, 5) is 45.6. The molecule has 0 aliphatic heterocycles. The summed E-state index contributed by atoms with van der Waals surface area (Å²) in [6.07, 6.45) is 0.984. The zero-order chi connectivity index (χ0) is 18.4. The van der Waals surface area contributed by atoms with Gasteiger partial charge in [0, 0.05) is 24.5 Å². The Bertz CT molecular complexity index is 947. The van der Waals surface area contributed by atoms with Crippen molar-refractivity contribution in [2.24, 2.45) is 5.10 Å². The van der Waals surface area contributed by atoms with Gasteiger partial charge in [-0.25, -0.2) is 15.3 Å². The second kappa shape index (κ2) is 7.63. The fourth-order valence-electron chi connectivity index (χ4n) is 1.77. The number of aromatic amines is 2. The summed E-state index contributed by atoms with van der Waals surface area (Å²) in [7, 11) is 0. The third-order valence-electron chi connectivity index (χ3n) is 2.95. The summed E-state index contributed by atoms with van der Waals surface area (Å²) in [5.41, 5.74) is 0.370. The van der Waals surface area contributed by atoms with Crippen LogP contribution < -0.4 is 21.8 Å². The van der Waals surface area contributed by atoms with E-state index in [1.54, 1.807) is 0 Å². The van der Waals surface area contributed by atoms with Gasteiger partial charge < -0.3 is 5.11 Å². The first kappa shape index (κ1) is 17.5. The van der Waals surface area contributed by atoms with Crippen molar-refractivity contribution in [2.45, 2.75) is 12.8 Å². The molecule has 2 aromatic rings. The minimum Gasteiger partial charge on any atom is -0.868 e. The first-order valence-corrected chi connectivity index (χ1v) is 6.82. The number of amides is 1. The van der Waals surface area contributed by atoms with E-state index in [0.717, 1.165) is 18.3 Å². The molecule has 2 rings (SSSR count). The Morgan fingerprint density at radius 3 is 2.84 bits per heavy atom. The molecule has 1 aromatic carbocycles. The summed E-state index contributed by atoms with van der Waals surface area (Å²) < 4.78 is 0. The van der Waals surface area contributed by atoms with E-state index < -0.39 is 33.5 Å². The molecule has 0 radical (unpaired) electrons. The van der Waals surface area contributed by atoms with E-state index in [1.807, 2.05) is 10.1 Å². The van der Waals surface area contributed by atoms with Crippen molar-refractivity contribution in [3.8, 4) is 5.75 Å². The fraction of sp³-hybridized carbons (Fsp3) is 0.154. The molecule has 3 N–H and O–H groups in total. The van der Waals surface area contributed by atoms with Crippen molar-refractivity contribution in [1.82, 2.24) is 20.6 Å². The number of nitrogens with one attached hydrogen (secondary N) is 3. The highest BCUT2D eigenvalue weighted by Gasteiger charge is 2.08. The van der Waals surface area contributed by atoms with Gasteiger partial charge in [0.2, 0.25) is 5.91 Å². The highest BCUT2D eigenvalue weighted by molar-refractivity contribution is 5.83. The van der Waals surface area contributed by atoms with E-state index in [1.165, 1.54) is 6.07 Å². The van der Waals surface area contributed by atoms with Crippen LogP contribution >= 0.6 is 0 Å². The summed E-state index contributed by atoms with van der Waals surface area (Å²) in [5, 5.41) is 31.1. The number of nitrogens with zero attached hydrogens (tertiary/aromatic N) is 3. The molecule has 0 fully saturated rings. The predicted molar refractivity (Wildman–Crippen MR) is 82.1 cm³/mol. The molecule has 130 valence electrons. The topological polar surface area (TPSA) is 186 Å². The second-order valence-corrected chi connectivity index (χ2v) is 4.73. The van der Waals surface area contributed by atoms with Crippen molar-refractivity contribution in [2.75, 3.05) is 0 Å². The van der Waals surface area contributed by atoms with Crippen LogP contribution in [-0.2, 0) is 11.2 Å². The van der Waals surface area contributed by atoms with Crippen molar-refractivity contribution in [3.63, 3.8) is 0 Å². The van der Waals surface area contributed by atoms with Crippen LogP contribution in [0.4, 0.5) is 5.69 Å². The summed E-state index contributed by atoms with van der Waals surface area (Å²) in [6, 6.07) is 3.37. The van der Waals surface area contributed by atoms with Gasteiger partial charge in [-0.15, -0.1) is 0 Å². The molecule has 0 spiro atoms. The van der Waals surface area contributed by atoms with Gasteiger partial charge in [0.1, 0.15) is 5.69 Å². The molecule has 1 aromatic heterocycles. The SMILES string of the molecule is O=C(CCc1n[nH]c(=O)[nH]c1=O)N/N=C\c1ccc([O-])c([N+](=O)[O-])c1. The minimum absolute atomic E-state index is 0.0135. The molecule has 0 atom stereocenters. The van der Waals surface area contributed by atoms with Crippen LogP contribution in [0.1, 0.15) is 17.7 Å². The molecule has 0 aliphatic rings. The van der Waals surface area contributed by atoms with Gasteiger partial charge in [-0.1, -0.05) is 12.1 Å². The van der Waals surface area contributed by atoms with Crippen LogP contribution in [-0.4, -0.2) is 32.2 Å². The first-order chi connectivity index (χ1) is 11.9. The predicted octanol–water partition coefficient (Wildman–Crippen LogP) is -1.48. The third-order valence-corrected chi connectivity index (χ3v) is 2.95. The molecule has 0 saturated carbocycles. The number of rotatable bonds is 6. The first-order valence-electron chi connectivity index (χ1n) is 6.82. The van der Waals surface area contributed by atoms with E-state index >= 15 is 0 Å². The third kappa shape index (κ3) is 4.82. The standard InChI is InChI=1S/C13H12N6O6/c20-10-3-1-7(5-9(10)19(24)25)6-14-17-11(21)4-2-8-12(22)15-13(23)18-16-8/h1,3,5-6,20H,2,4H2,(H,17,21)(H2,15,18,22,23)/p-1/b14-6-. The van der Waals surface area contributed by atoms with Crippen LogP contribution in [0.2, 0.25) is 0 Å². The Morgan fingerprint density at radius 1 is 1.40 bits per heavy atom. The Hall–Kier alpha value is -3.83. The van der Waals surface area contributed by atoms with Crippen molar-refractivity contribution < 1.29 is 14.8 Å². The number of nitro benzene ring substituents is 1. The van der Waals surface area contributed by atoms with Crippen LogP contribution in [0, 0.1) is 10.1 Å². The number of hydrogen-bond acceptors (Lipinski definition) is 8. The lowest BCUT2D eigenvalue weighted by Crippen LogP contribution is -2.28. The number of nitro groups is 1. The summed E-state index contributed by atoms with van der Waals surface area (Å²) in [6.45, 7) is 0. The van der Waals surface area contributed by atoms with Gasteiger partial charge in [0.05, 0.1) is 11.1 Å². The van der Waals surface area contributed by atoms with E-state index in [2.05, 4.69) is 15.6 Å². The molecule has 0 bridgehead atoms. The molecule has 12 nitrogen and oxygen atoms in total. The molecule has 1 heterocycles. The van der Waals surface area contributed by atoms with Crippen LogP contribution in [0.5, 0.6) is 5.75 Å². The van der Waals surface area contributed by atoms with Gasteiger partial charge in [-0.2, -0.15) is 10.2 Å². The smallest absolute Gasteiger partial charge is 0.342 e. The van der Waals surface area contributed by atoms with Gasteiger partial charge in [0.25, 0.3) is 11.2 Å². The maximum Gasteiger partial charge on any atom is 0.342 e. The van der Waals surface area contributed by atoms with Crippen LogP contribution in [0.25, 0.3) is 0 Å². The van der Waals surface area contributed by atoms with Crippen LogP contribution in [0.3, 0.4) is 0 Å². The molecular weight excluding hydrogens is 336 g/mol. The Balaban J connectivity index is 1.92. The van der Waals surface area contributed by atoms with Gasteiger partial charge in [0.15, 0.2) is 0 Å². The van der Waals surface area contributed by atoms with Crippen molar-refractivity contribution in [3.05, 3.63) is 60.4 Å². The number of benzene rings is 1. The molecule has 1 amide bonds. The zero-order valence-electron chi connectivity index (χ0n) is 12.5. The average Bonchev–Trinajstić information content (AvgIpc) is 2.55. The summed E-state index contributed by atoms with van der Waals surface area (Å²) in [5.74, 6) is -1.27. The molecule has 25 heavy (non-hydrogen) atoms. The van der Waals surface area contributed by atoms with Gasteiger partial charge in [-0.05, 0) is 5.75 Å². The maximum absolute atomic E-state index is 11.6. The Kier molecular flexibility index (Phi) is 5.35. The van der Waals surface area contributed by atoms with Gasteiger partial charge >= 0.3 is 5.69 Å². The maximum atomic E-state index is 11.6. The average molecular weight is 347 g/mol. The minimum atomic E-state index is -0.813. The number of H-pyrrole nitrogens is 2. The number of aromatic nitrogens is 3. The molecule has 0 saturated heterocycles. The molecular formula is C13H11N6O6-. The quantitative estimate of drug-likeness (QED) is 0.323.